The van der Waals surface area contributed by atoms with Gasteiger partial charge in [0.25, 0.3) is 5.91 Å². The number of amides is 1. The van der Waals surface area contributed by atoms with Crippen molar-refractivity contribution in [2.75, 3.05) is 4.90 Å². The Morgan fingerprint density at radius 2 is 1.82 bits per heavy atom. The lowest BCUT2D eigenvalue weighted by Gasteiger charge is -2.23. The van der Waals surface area contributed by atoms with E-state index in [1.165, 1.54) is 0 Å². The number of thiophene rings is 1. The molecule has 0 aliphatic carbocycles. The van der Waals surface area contributed by atoms with E-state index in [-0.39, 0.29) is 12.2 Å². The third-order valence-electron chi connectivity index (χ3n) is 5.09. The van der Waals surface area contributed by atoms with Gasteiger partial charge in [-0.15, -0.1) is 11.3 Å². The summed E-state index contributed by atoms with van der Waals surface area (Å²) in [6.07, 6.45) is -0.316. The lowest BCUT2D eigenvalue weighted by atomic mass is 9.89. The predicted octanol–water partition coefficient (Wildman–Crippen LogP) is 4.72. The SMILES string of the molecule is Cc1ccccc1CN1C(=O)[C@@](O)(CC(=O)c2ccc(Cl)s2)c2ccccc21. The van der Waals surface area contributed by atoms with E-state index in [2.05, 4.69) is 0 Å². The Hall–Kier alpha value is -2.47. The molecule has 0 radical (unpaired) electrons. The van der Waals surface area contributed by atoms with E-state index in [0.717, 1.165) is 22.5 Å². The molecule has 1 aliphatic rings. The van der Waals surface area contributed by atoms with Crippen LogP contribution in [0, 0.1) is 6.92 Å². The number of benzene rings is 2. The molecule has 4 nitrogen and oxygen atoms in total. The Bertz CT molecular complexity index is 1080. The Morgan fingerprint density at radius 1 is 1.11 bits per heavy atom. The zero-order chi connectivity index (χ0) is 19.9. The summed E-state index contributed by atoms with van der Waals surface area (Å²) in [5, 5.41) is 11.3. The second-order valence-electron chi connectivity index (χ2n) is 6.90. The summed E-state index contributed by atoms with van der Waals surface area (Å²) in [6.45, 7) is 2.32. The van der Waals surface area contributed by atoms with Crippen molar-refractivity contribution in [3.63, 3.8) is 0 Å². The molecule has 0 unspecified atom stereocenters. The molecular formula is C22H18ClNO3S. The van der Waals surface area contributed by atoms with Crippen molar-refractivity contribution in [1.82, 2.24) is 0 Å². The summed E-state index contributed by atoms with van der Waals surface area (Å²) in [7, 11) is 0. The van der Waals surface area contributed by atoms with E-state index in [0.29, 0.717) is 27.0 Å². The highest BCUT2D eigenvalue weighted by Gasteiger charge is 2.50. The van der Waals surface area contributed by atoms with Crippen molar-refractivity contribution in [3.05, 3.63) is 86.6 Å². The molecule has 4 rings (SSSR count). The van der Waals surface area contributed by atoms with Crippen LogP contribution < -0.4 is 4.90 Å². The summed E-state index contributed by atoms with van der Waals surface area (Å²) in [4.78, 5) is 28.0. The first-order chi connectivity index (χ1) is 13.4. The van der Waals surface area contributed by atoms with Crippen LogP contribution in [0.1, 0.15) is 32.8 Å². The van der Waals surface area contributed by atoms with Crippen LogP contribution in [0.25, 0.3) is 0 Å². The van der Waals surface area contributed by atoms with Crippen LogP contribution in [0.2, 0.25) is 4.34 Å². The molecule has 142 valence electrons. The topological polar surface area (TPSA) is 57.6 Å². The van der Waals surface area contributed by atoms with Crippen molar-refractivity contribution >= 4 is 40.3 Å². The third-order valence-corrected chi connectivity index (χ3v) is 6.37. The largest absolute Gasteiger partial charge is 0.375 e. The first-order valence-electron chi connectivity index (χ1n) is 8.87. The smallest absolute Gasteiger partial charge is 0.264 e. The molecule has 2 heterocycles. The van der Waals surface area contributed by atoms with E-state index in [1.807, 2.05) is 37.3 Å². The fraction of sp³-hybridized carbons (Fsp3) is 0.182. The van der Waals surface area contributed by atoms with E-state index >= 15 is 0 Å². The predicted molar refractivity (Wildman–Crippen MR) is 111 cm³/mol. The first-order valence-corrected chi connectivity index (χ1v) is 10.1. The average Bonchev–Trinajstić information content (AvgIpc) is 3.20. The zero-order valence-corrected chi connectivity index (χ0v) is 16.8. The minimum atomic E-state index is -1.88. The molecule has 0 bridgehead atoms. The number of hydrogen-bond acceptors (Lipinski definition) is 4. The molecular weight excluding hydrogens is 394 g/mol. The normalized spacial score (nSPS) is 18.4. The Morgan fingerprint density at radius 3 is 2.54 bits per heavy atom. The van der Waals surface area contributed by atoms with E-state index in [9.17, 15) is 14.7 Å². The van der Waals surface area contributed by atoms with Crippen LogP contribution in [0.15, 0.2) is 60.7 Å². The van der Waals surface area contributed by atoms with Crippen molar-refractivity contribution in [1.29, 1.82) is 0 Å². The van der Waals surface area contributed by atoms with Gasteiger partial charge in [-0.3, -0.25) is 9.59 Å². The van der Waals surface area contributed by atoms with Gasteiger partial charge >= 0.3 is 0 Å². The Kier molecular flexibility index (Phi) is 4.83. The first kappa shape index (κ1) is 18.9. The van der Waals surface area contributed by atoms with Gasteiger partial charge in [-0.2, -0.15) is 0 Å². The van der Waals surface area contributed by atoms with E-state index < -0.39 is 11.5 Å². The van der Waals surface area contributed by atoms with Crippen LogP contribution in [0.3, 0.4) is 0 Å². The van der Waals surface area contributed by atoms with Crippen molar-refractivity contribution < 1.29 is 14.7 Å². The third kappa shape index (κ3) is 3.15. The number of fused-ring (bicyclic) bond motifs is 1. The molecule has 28 heavy (non-hydrogen) atoms. The van der Waals surface area contributed by atoms with Gasteiger partial charge in [-0.05, 0) is 36.2 Å². The molecule has 0 fully saturated rings. The number of anilines is 1. The molecule has 1 aromatic heterocycles. The van der Waals surface area contributed by atoms with Crippen LogP contribution in [0.5, 0.6) is 0 Å². The van der Waals surface area contributed by atoms with Gasteiger partial charge in [0.05, 0.1) is 27.9 Å². The minimum Gasteiger partial charge on any atom is -0.375 e. The highest BCUT2D eigenvalue weighted by Crippen LogP contribution is 2.44. The number of rotatable bonds is 5. The second kappa shape index (κ2) is 7.17. The number of nitrogens with zero attached hydrogens (tertiary/aromatic N) is 1. The van der Waals surface area contributed by atoms with Crippen molar-refractivity contribution in [2.24, 2.45) is 0 Å². The molecule has 2 aromatic carbocycles. The van der Waals surface area contributed by atoms with Crippen LogP contribution in [0.4, 0.5) is 5.69 Å². The van der Waals surface area contributed by atoms with Gasteiger partial charge in [0.1, 0.15) is 0 Å². The van der Waals surface area contributed by atoms with Gasteiger partial charge in [-0.1, -0.05) is 54.1 Å². The second-order valence-corrected chi connectivity index (χ2v) is 8.61. The monoisotopic (exact) mass is 411 g/mol. The molecule has 0 saturated heterocycles. The number of ketones is 1. The molecule has 6 heteroatoms. The Labute approximate surface area is 172 Å². The number of hydrogen-bond donors (Lipinski definition) is 1. The number of aliphatic hydroxyl groups is 1. The lowest BCUT2D eigenvalue weighted by molar-refractivity contribution is -0.136. The maximum absolute atomic E-state index is 13.3. The van der Waals surface area contributed by atoms with Crippen LogP contribution in [-0.2, 0) is 16.9 Å². The van der Waals surface area contributed by atoms with Crippen LogP contribution in [-0.4, -0.2) is 16.8 Å². The quantitative estimate of drug-likeness (QED) is 0.618. The fourth-order valence-corrected chi connectivity index (χ4v) is 4.56. The Balaban J connectivity index is 1.70. The minimum absolute atomic E-state index is 0.305. The number of halogens is 1. The van der Waals surface area contributed by atoms with Gasteiger partial charge in [0.15, 0.2) is 11.4 Å². The summed E-state index contributed by atoms with van der Waals surface area (Å²) in [6, 6.07) is 18.2. The number of para-hydroxylation sites is 1. The van der Waals surface area contributed by atoms with Crippen molar-refractivity contribution in [2.45, 2.75) is 25.5 Å². The van der Waals surface area contributed by atoms with E-state index in [1.54, 1.807) is 35.2 Å². The average molecular weight is 412 g/mol. The highest BCUT2D eigenvalue weighted by atomic mass is 35.5. The van der Waals surface area contributed by atoms with Crippen LogP contribution >= 0.6 is 22.9 Å². The summed E-state index contributed by atoms with van der Waals surface area (Å²) < 4.78 is 0.495. The molecule has 1 amide bonds. The van der Waals surface area contributed by atoms with E-state index in [4.69, 9.17) is 11.6 Å². The van der Waals surface area contributed by atoms with Gasteiger partial charge < -0.3 is 10.0 Å². The number of Topliss-reactive ketones (excluding diaryl/α,β-unsaturated/α-hetero) is 1. The van der Waals surface area contributed by atoms with Gasteiger partial charge in [-0.25, -0.2) is 0 Å². The van der Waals surface area contributed by atoms with Gasteiger partial charge in [0.2, 0.25) is 0 Å². The number of aryl methyl sites for hydroxylation is 1. The molecule has 0 spiro atoms. The lowest BCUT2D eigenvalue weighted by Crippen LogP contribution is -2.41. The maximum Gasteiger partial charge on any atom is 0.264 e. The summed E-state index contributed by atoms with van der Waals surface area (Å²) >= 11 is 7.07. The number of carbonyl (C=O) groups excluding carboxylic acids is 2. The van der Waals surface area contributed by atoms with Gasteiger partial charge in [0, 0.05) is 5.56 Å². The standard InChI is InChI=1S/C22H18ClNO3S/c1-14-6-2-3-7-15(14)13-24-17-9-5-4-8-16(17)22(27,21(24)26)12-18(25)19-10-11-20(23)28-19/h2-11,27H,12-13H2,1H3/t22-/m1/s1. The molecule has 3 aromatic rings. The molecule has 1 aliphatic heterocycles. The summed E-state index contributed by atoms with van der Waals surface area (Å²) in [5.41, 5.74) is 1.27. The fourth-order valence-electron chi connectivity index (χ4n) is 3.58. The number of carbonyl (C=O) groups is 2. The molecule has 1 atom stereocenters. The maximum atomic E-state index is 13.3. The highest BCUT2D eigenvalue weighted by molar-refractivity contribution is 7.18. The van der Waals surface area contributed by atoms with Crippen molar-refractivity contribution in [3.8, 4) is 0 Å². The zero-order valence-electron chi connectivity index (χ0n) is 15.2. The summed E-state index contributed by atoms with van der Waals surface area (Å²) in [5.74, 6) is -0.784. The molecule has 0 saturated carbocycles. The molecule has 1 N–H and O–H groups in total.